The second kappa shape index (κ2) is 7.82. The number of benzene rings is 1. The van der Waals surface area contributed by atoms with Gasteiger partial charge in [-0.2, -0.15) is 18.3 Å². The molecule has 0 aliphatic heterocycles. The first kappa shape index (κ1) is 22.4. The summed E-state index contributed by atoms with van der Waals surface area (Å²) in [5.41, 5.74) is -2.29. The zero-order chi connectivity index (χ0) is 23.5. The van der Waals surface area contributed by atoms with Gasteiger partial charge in [-0.15, -0.1) is 0 Å². The molecule has 0 radical (unpaired) electrons. The Hall–Kier alpha value is -2.43. The Balaban J connectivity index is 1.64. The number of alkyl halides is 3. The molecule has 0 bridgehead atoms. The van der Waals surface area contributed by atoms with Crippen molar-refractivity contribution in [2.24, 2.45) is 0 Å². The van der Waals surface area contributed by atoms with Gasteiger partial charge >= 0.3 is 6.18 Å². The molecule has 2 fully saturated rings. The molecule has 0 saturated heterocycles. The third-order valence-corrected chi connectivity index (χ3v) is 6.30. The molecule has 2 aliphatic rings. The third kappa shape index (κ3) is 4.15. The number of rotatable bonds is 6. The molecule has 1 N–H and O–H groups in total. The summed E-state index contributed by atoms with van der Waals surface area (Å²) in [6, 6.07) is 3.45. The lowest BCUT2D eigenvalue weighted by atomic mass is 9.77. The molecule has 3 aromatic rings. The van der Waals surface area contributed by atoms with Crippen LogP contribution in [0.3, 0.4) is 0 Å². The number of aliphatic hydroxyl groups is 1. The number of halogens is 5. The second-order valence-electron chi connectivity index (χ2n) is 8.85. The maximum atomic E-state index is 14.6. The van der Waals surface area contributed by atoms with Crippen LogP contribution in [-0.4, -0.2) is 31.7 Å². The molecule has 5 rings (SSSR count). The van der Waals surface area contributed by atoms with E-state index in [1.165, 1.54) is 18.2 Å². The second-order valence-corrected chi connectivity index (χ2v) is 9.26. The zero-order valence-corrected chi connectivity index (χ0v) is 18.3. The van der Waals surface area contributed by atoms with Crippen molar-refractivity contribution in [3.63, 3.8) is 0 Å². The normalized spacial score (nSPS) is 23.1. The highest BCUT2D eigenvalue weighted by molar-refractivity contribution is 6.33. The van der Waals surface area contributed by atoms with Crippen molar-refractivity contribution >= 4 is 11.6 Å². The van der Waals surface area contributed by atoms with Gasteiger partial charge in [0.05, 0.1) is 52.3 Å². The summed E-state index contributed by atoms with van der Waals surface area (Å²) in [6.45, 7) is 1.44. The van der Waals surface area contributed by atoms with Crippen LogP contribution in [0.4, 0.5) is 17.6 Å². The molecule has 6 nitrogen and oxygen atoms in total. The van der Waals surface area contributed by atoms with Crippen LogP contribution in [0.25, 0.3) is 22.6 Å². The summed E-state index contributed by atoms with van der Waals surface area (Å²) >= 11 is 6.19. The molecule has 0 amide bonds. The van der Waals surface area contributed by atoms with Gasteiger partial charge in [0.1, 0.15) is 11.5 Å². The third-order valence-electron chi connectivity index (χ3n) is 5.98. The SMILES string of the molecule is CC1(O)CC(n2ncc(-c3onc(-c4c(F)cccc4Cl)c3COC3CC3)c2C(F)(F)F)C1. The first-order chi connectivity index (χ1) is 15.5. The molecule has 1 aromatic carbocycles. The highest BCUT2D eigenvalue weighted by Crippen LogP contribution is 2.47. The van der Waals surface area contributed by atoms with E-state index in [1.807, 2.05) is 0 Å². The highest BCUT2D eigenvalue weighted by atomic mass is 35.5. The van der Waals surface area contributed by atoms with E-state index in [2.05, 4.69) is 10.3 Å². The van der Waals surface area contributed by atoms with Gasteiger partial charge < -0.3 is 14.4 Å². The van der Waals surface area contributed by atoms with Crippen molar-refractivity contribution in [2.45, 2.75) is 63.1 Å². The molecule has 0 unspecified atom stereocenters. The van der Waals surface area contributed by atoms with Gasteiger partial charge in [-0.3, -0.25) is 4.68 Å². The Morgan fingerprint density at radius 2 is 2.03 bits per heavy atom. The number of hydrogen-bond donors (Lipinski definition) is 1. The van der Waals surface area contributed by atoms with E-state index in [4.69, 9.17) is 20.9 Å². The van der Waals surface area contributed by atoms with Crippen molar-refractivity contribution in [3.05, 3.63) is 46.5 Å². The van der Waals surface area contributed by atoms with Crippen LogP contribution in [0.5, 0.6) is 0 Å². The maximum Gasteiger partial charge on any atom is 0.433 e. The monoisotopic (exact) mass is 485 g/mol. The van der Waals surface area contributed by atoms with Crippen LogP contribution in [-0.2, 0) is 17.5 Å². The molecule has 176 valence electrons. The van der Waals surface area contributed by atoms with Crippen molar-refractivity contribution in [1.29, 1.82) is 0 Å². The minimum absolute atomic E-state index is 0.0128. The van der Waals surface area contributed by atoms with Crippen molar-refractivity contribution in [2.75, 3.05) is 0 Å². The van der Waals surface area contributed by atoms with E-state index >= 15 is 0 Å². The minimum atomic E-state index is -4.76. The molecule has 2 aliphatic carbocycles. The number of nitrogens with zero attached hydrogens (tertiary/aromatic N) is 3. The van der Waals surface area contributed by atoms with Crippen molar-refractivity contribution < 1.29 is 31.9 Å². The van der Waals surface area contributed by atoms with Crippen LogP contribution in [0, 0.1) is 5.82 Å². The van der Waals surface area contributed by atoms with Gasteiger partial charge in [0.25, 0.3) is 0 Å². The van der Waals surface area contributed by atoms with Gasteiger partial charge in [0.2, 0.25) is 0 Å². The lowest BCUT2D eigenvalue weighted by Gasteiger charge is -2.41. The Morgan fingerprint density at radius 1 is 1.30 bits per heavy atom. The number of ether oxygens (including phenoxy) is 1. The van der Waals surface area contributed by atoms with E-state index in [0.29, 0.717) is 0 Å². The summed E-state index contributed by atoms with van der Waals surface area (Å²) < 4.78 is 69.1. The Bertz CT molecular complexity index is 1170. The Morgan fingerprint density at radius 3 is 2.64 bits per heavy atom. The molecule has 2 heterocycles. The van der Waals surface area contributed by atoms with Crippen LogP contribution >= 0.6 is 11.6 Å². The zero-order valence-electron chi connectivity index (χ0n) is 17.5. The van der Waals surface area contributed by atoms with Crippen molar-refractivity contribution in [1.82, 2.24) is 14.9 Å². The van der Waals surface area contributed by atoms with Gasteiger partial charge in [0, 0.05) is 0 Å². The van der Waals surface area contributed by atoms with Crippen molar-refractivity contribution in [3.8, 4) is 22.6 Å². The maximum absolute atomic E-state index is 14.6. The largest absolute Gasteiger partial charge is 0.433 e. The van der Waals surface area contributed by atoms with Crippen LogP contribution in [0.2, 0.25) is 5.02 Å². The van der Waals surface area contributed by atoms with E-state index in [0.717, 1.165) is 23.7 Å². The topological polar surface area (TPSA) is 73.3 Å². The smallest absolute Gasteiger partial charge is 0.390 e. The van der Waals surface area contributed by atoms with E-state index in [-0.39, 0.29) is 58.7 Å². The molecule has 33 heavy (non-hydrogen) atoms. The van der Waals surface area contributed by atoms with E-state index in [1.54, 1.807) is 6.92 Å². The molecule has 2 saturated carbocycles. The first-order valence-electron chi connectivity index (χ1n) is 10.5. The molecular weight excluding hydrogens is 466 g/mol. The van der Waals surface area contributed by atoms with E-state index < -0.39 is 29.3 Å². The molecule has 0 spiro atoms. The fraction of sp³-hybridized carbons (Fsp3) is 0.455. The summed E-state index contributed by atoms with van der Waals surface area (Å²) in [4.78, 5) is 0. The standard InChI is InChI=1S/C22H20ClF4N3O3/c1-21(31)7-11(8-21)30-20(22(25,26)27)13(9-28-30)19-14(10-32-12-5-6-12)18(29-33-19)17-15(23)3-2-4-16(17)24/h2-4,9,11-12,31H,5-8,10H2,1H3. The summed E-state index contributed by atoms with van der Waals surface area (Å²) in [7, 11) is 0. The van der Waals surface area contributed by atoms with Crippen LogP contribution in [0.1, 0.15) is 49.9 Å². The lowest BCUT2D eigenvalue weighted by Crippen LogP contribution is -2.43. The summed E-state index contributed by atoms with van der Waals surface area (Å²) in [5.74, 6) is -0.881. The lowest BCUT2D eigenvalue weighted by molar-refractivity contribution is -0.148. The fourth-order valence-corrected chi connectivity index (χ4v) is 4.48. The Kier molecular flexibility index (Phi) is 5.30. The quantitative estimate of drug-likeness (QED) is 0.448. The summed E-state index contributed by atoms with van der Waals surface area (Å²) in [5, 5.41) is 17.9. The molecule has 11 heteroatoms. The van der Waals surface area contributed by atoms with Gasteiger partial charge in [-0.25, -0.2) is 4.39 Å². The molecule has 0 atom stereocenters. The minimum Gasteiger partial charge on any atom is -0.390 e. The first-order valence-corrected chi connectivity index (χ1v) is 10.8. The molecular formula is C22H20ClF4N3O3. The fourth-order valence-electron chi connectivity index (χ4n) is 4.23. The van der Waals surface area contributed by atoms with E-state index in [9.17, 15) is 22.7 Å². The van der Waals surface area contributed by atoms with Crippen LogP contribution < -0.4 is 0 Å². The molecule has 2 aromatic heterocycles. The predicted molar refractivity (Wildman–Crippen MR) is 110 cm³/mol. The predicted octanol–water partition coefficient (Wildman–Crippen LogP) is 5.78. The average Bonchev–Trinajstić information content (AvgIpc) is 3.27. The average molecular weight is 486 g/mol. The van der Waals surface area contributed by atoms with Gasteiger partial charge in [0.15, 0.2) is 11.5 Å². The van der Waals surface area contributed by atoms with Crippen LogP contribution in [0.15, 0.2) is 28.9 Å². The number of aromatic nitrogens is 3. The summed E-state index contributed by atoms with van der Waals surface area (Å²) in [6.07, 6.45) is -1.76. The number of hydrogen-bond acceptors (Lipinski definition) is 5. The highest BCUT2D eigenvalue weighted by Gasteiger charge is 2.47. The van der Waals surface area contributed by atoms with Gasteiger partial charge in [-0.1, -0.05) is 22.8 Å². The van der Waals surface area contributed by atoms with Gasteiger partial charge in [-0.05, 0) is 44.7 Å². The Labute approximate surface area is 191 Å².